The highest BCUT2D eigenvalue weighted by Gasteiger charge is 2.14. The first-order valence-corrected chi connectivity index (χ1v) is 9.90. The van der Waals surface area contributed by atoms with Gasteiger partial charge in [0.1, 0.15) is 5.75 Å². The smallest absolute Gasteiger partial charge is 0.255 e. The van der Waals surface area contributed by atoms with E-state index in [1.807, 2.05) is 0 Å². The molecular formula is C20H19N3O4S. The molecule has 0 unspecified atom stereocenters. The number of hydrogen-bond acceptors (Lipinski definition) is 5. The number of nitrogens with zero attached hydrogens (tertiary/aromatic N) is 1. The van der Waals surface area contributed by atoms with Gasteiger partial charge in [-0.3, -0.25) is 9.78 Å². The van der Waals surface area contributed by atoms with E-state index in [0.717, 1.165) is 5.56 Å². The van der Waals surface area contributed by atoms with Crippen molar-refractivity contribution in [1.82, 2.24) is 9.71 Å². The fourth-order valence-corrected chi connectivity index (χ4v) is 3.50. The Morgan fingerprint density at radius 3 is 2.54 bits per heavy atom. The molecule has 3 aromatic rings. The zero-order valence-electron chi connectivity index (χ0n) is 15.1. The lowest BCUT2D eigenvalue weighted by molar-refractivity contribution is 0.102. The van der Waals surface area contributed by atoms with Gasteiger partial charge in [-0.15, -0.1) is 0 Å². The van der Waals surface area contributed by atoms with Gasteiger partial charge in [-0.05, 0) is 42.0 Å². The van der Waals surface area contributed by atoms with E-state index in [2.05, 4.69) is 15.0 Å². The summed E-state index contributed by atoms with van der Waals surface area (Å²) >= 11 is 0. The Balaban J connectivity index is 1.63. The van der Waals surface area contributed by atoms with Crippen LogP contribution < -0.4 is 14.8 Å². The maximum absolute atomic E-state index is 12.4. The molecule has 28 heavy (non-hydrogen) atoms. The Bertz CT molecular complexity index is 1050. The van der Waals surface area contributed by atoms with Crippen LogP contribution in [0.4, 0.5) is 5.69 Å². The standard InChI is InChI=1S/C20H19N3O4S/c1-27-18-5-2-6-19(12-18)28(25,26)22-13-15-7-9-16(10-8-15)20(24)23-17-4-3-11-21-14-17/h2-12,14,22H,13H2,1H3,(H,23,24). The van der Waals surface area contributed by atoms with Crippen molar-refractivity contribution in [2.75, 3.05) is 12.4 Å². The Hall–Kier alpha value is -3.23. The molecule has 2 N–H and O–H groups in total. The molecule has 0 bridgehead atoms. The van der Waals surface area contributed by atoms with Gasteiger partial charge >= 0.3 is 0 Å². The van der Waals surface area contributed by atoms with Crippen molar-refractivity contribution in [3.63, 3.8) is 0 Å². The van der Waals surface area contributed by atoms with E-state index in [1.54, 1.807) is 60.9 Å². The van der Waals surface area contributed by atoms with E-state index in [0.29, 0.717) is 17.0 Å². The maximum atomic E-state index is 12.4. The normalized spacial score (nSPS) is 11.0. The minimum atomic E-state index is -3.67. The third kappa shape index (κ3) is 4.93. The third-order valence-electron chi connectivity index (χ3n) is 3.95. The number of pyridine rings is 1. The highest BCUT2D eigenvalue weighted by molar-refractivity contribution is 7.89. The molecule has 0 fully saturated rings. The van der Waals surface area contributed by atoms with E-state index in [9.17, 15) is 13.2 Å². The molecule has 0 saturated heterocycles. The van der Waals surface area contributed by atoms with Crippen LogP contribution in [0.25, 0.3) is 0 Å². The molecule has 7 nitrogen and oxygen atoms in total. The molecule has 1 heterocycles. The molecule has 144 valence electrons. The summed E-state index contributed by atoms with van der Waals surface area (Å²) in [5.41, 5.74) is 1.79. The predicted octanol–water partition coefficient (Wildman–Crippen LogP) is 2.82. The minimum absolute atomic E-state index is 0.101. The van der Waals surface area contributed by atoms with Crippen LogP contribution in [0, 0.1) is 0 Å². The van der Waals surface area contributed by atoms with Gasteiger partial charge in [0.2, 0.25) is 10.0 Å². The SMILES string of the molecule is COc1cccc(S(=O)(=O)NCc2ccc(C(=O)Nc3cccnc3)cc2)c1. The number of benzene rings is 2. The molecule has 1 amide bonds. The highest BCUT2D eigenvalue weighted by atomic mass is 32.2. The first kappa shape index (κ1) is 19.5. The monoisotopic (exact) mass is 397 g/mol. The van der Waals surface area contributed by atoms with Crippen LogP contribution in [-0.4, -0.2) is 26.4 Å². The molecule has 1 aromatic heterocycles. The second-order valence-corrected chi connectivity index (χ2v) is 7.66. The Labute approximate surface area is 163 Å². The number of amides is 1. The van der Waals surface area contributed by atoms with Crippen molar-refractivity contribution >= 4 is 21.6 Å². The third-order valence-corrected chi connectivity index (χ3v) is 5.35. The van der Waals surface area contributed by atoms with Crippen LogP contribution in [0.1, 0.15) is 15.9 Å². The molecule has 0 saturated carbocycles. The number of ether oxygens (including phenoxy) is 1. The van der Waals surface area contributed by atoms with Crippen LogP contribution >= 0.6 is 0 Å². The molecule has 3 rings (SSSR count). The quantitative estimate of drug-likeness (QED) is 0.639. The van der Waals surface area contributed by atoms with Crippen LogP contribution in [-0.2, 0) is 16.6 Å². The van der Waals surface area contributed by atoms with E-state index in [-0.39, 0.29) is 17.3 Å². The number of hydrogen-bond donors (Lipinski definition) is 2. The van der Waals surface area contributed by atoms with Crippen molar-refractivity contribution in [1.29, 1.82) is 0 Å². The van der Waals surface area contributed by atoms with Gasteiger partial charge in [0.25, 0.3) is 5.91 Å². The molecule has 0 spiro atoms. The number of methoxy groups -OCH3 is 1. The highest BCUT2D eigenvalue weighted by Crippen LogP contribution is 2.17. The summed E-state index contributed by atoms with van der Waals surface area (Å²) in [7, 11) is -2.20. The second kappa shape index (κ2) is 8.64. The number of rotatable bonds is 7. The zero-order valence-corrected chi connectivity index (χ0v) is 15.9. The van der Waals surface area contributed by atoms with Crippen LogP contribution in [0.15, 0.2) is 78.0 Å². The van der Waals surface area contributed by atoms with Gasteiger partial charge in [0.05, 0.1) is 23.9 Å². The van der Waals surface area contributed by atoms with Crippen LogP contribution in [0.5, 0.6) is 5.75 Å². The summed E-state index contributed by atoms with van der Waals surface area (Å²) < 4.78 is 32.4. The van der Waals surface area contributed by atoms with Crippen molar-refractivity contribution in [3.05, 3.63) is 84.2 Å². The van der Waals surface area contributed by atoms with Crippen LogP contribution in [0.2, 0.25) is 0 Å². The summed E-state index contributed by atoms with van der Waals surface area (Å²) in [4.78, 5) is 16.3. The van der Waals surface area contributed by atoms with Gasteiger partial charge in [-0.2, -0.15) is 0 Å². The predicted molar refractivity (Wildman–Crippen MR) is 106 cm³/mol. The van der Waals surface area contributed by atoms with Crippen LogP contribution in [0.3, 0.4) is 0 Å². The minimum Gasteiger partial charge on any atom is -0.497 e. The molecule has 8 heteroatoms. The van der Waals surface area contributed by atoms with Crippen molar-refractivity contribution < 1.29 is 17.9 Å². The van der Waals surface area contributed by atoms with E-state index in [4.69, 9.17) is 4.74 Å². The number of sulfonamides is 1. The summed E-state index contributed by atoms with van der Waals surface area (Å²) in [6, 6.07) is 16.4. The first-order valence-electron chi connectivity index (χ1n) is 8.42. The Kier molecular flexibility index (Phi) is 6.03. The topological polar surface area (TPSA) is 97.4 Å². The number of carbonyl (C=O) groups is 1. The summed E-state index contributed by atoms with van der Waals surface area (Å²) in [6.45, 7) is 0.101. The molecular weight excluding hydrogens is 378 g/mol. The average molecular weight is 397 g/mol. The maximum Gasteiger partial charge on any atom is 0.255 e. The number of anilines is 1. The van der Waals surface area contributed by atoms with Gasteiger partial charge < -0.3 is 10.1 Å². The molecule has 2 aromatic carbocycles. The number of carbonyl (C=O) groups excluding carboxylic acids is 1. The zero-order chi connectivity index (χ0) is 20.0. The average Bonchev–Trinajstić information content (AvgIpc) is 2.73. The Morgan fingerprint density at radius 2 is 1.86 bits per heavy atom. The van der Waals surface area contributed by atoms with Crippen molar-refractivity contribution in [2.45, 2.75) is 11.4 Å². The summed E-state index contributed by atoms with van der Waals surface area (Å²) in [5.74, 6) is 0.198. The van der Waals surface area contributed by atoms with Crippen molar-refractivity contribution in [3.8, 4) is 5.75 Å². The first-order chi connectivity index (χ1) is 13.5. The van der Waals surface area contributed by atoms with Gasteiger partial charge in [0.15, 0.2) is 0 Å². The van der Waals surface area contributed by atoms with E-state index < -0.39 is 10.0 Å². The number of aromatic nitrogens is 1. The van der Waals surface area contributed by atoms with E-state index >= 15 is 0 Å². The molecule has 0 aliphatic heterocycles. The summed E-state index contributed by atoms with van der Waals surface area (Å²) in [6.07, 6.45) is 3.18. The lowest BCUT2D eigenvalue weighted by Crippen LogP contribution is -2.23. The molecule has 0 aliphatic carbocycles. The van der Waals surface area contributed by atoms with Gasteiger partial charge in [-0.25, -0.2) is 13.1 Å². The second-order valence-electron chi connectivity index (χ2n) is 5.90. The van der Waals surface area contributed by atoms with Gasteiger partial charge in [0, 0.05) is 24.4 Å². The number of nitrogens with one attached hydrogen (secondary N) is 2. The largest absolute Gasteiger partial charge is 0.497 e. The Morgan fingerprint density at radius 1 is 1.07 bits per heavy atom. The molecule has 0 aliphatic rings. The molecule has 0 radical (unpaired) electrons. The lowest BCUT2D eigenvalue weighted by Gasteiger charge is -2.09. The van der Waals surface area contributed by atoms with Gasteiger partial charge in [-0.1, -0.05) is 18.2 Å². The fraction of sp³-hybridized carbons (Fsp3) is 0.100. The van der Waals surface area contributed by atoms with Crippen molar-refractivity contribution in [2.24, 2.45) is 0 Å². The summed E-state index contributed by atoms with van der Waals surface area (Å²) in [5, 5.41) is 2.74. The molecule has 0 atom stereocenters. The van der Waals surface area contributed by atoms with E-state index in [1.165, 1.54) is 19.2 Å². The lowest BCUT2D eigenvalue weighted by atomic mass is 10.1. The fourth-order valence-electron chi connectivity index (χ4n) is 2.44.